The zero-order valence-electron chi connectivity index (χ0n) is 10.7. The van der Waals surface area contributed by atoms with Crippen LogP contribution in [0.5, 0.6) is 0 Å². The predicted octanol–water partition coefficient (Wildman–Crippen LogP) is 0.386. The lowest BCUT2D eigenvalue weighted by molar-refractivity contribution is 0.0552. The first-order valence-corrected chi connectivity index (χ1v) is 6.45. The van der Waals surface area contributed by atoms with Crippen molar-refractivity contribution < 1.29 is 27.4 Å². The monoisotopic (exact) mass is 273 g/mol. The molecule has 0 saturated heterocycles. The summed E-state index contributed by atoms with van der Waals surface area (Å²) in [5.74, 6) is -0.385. The summed E-state index contributed by atoms with van der Waals surface area (Å²) in [5.41, 5.74) is 0. The first kappa shape index (κ1) is 19.1. The molecule has 0 aromatic heterocycles. The molecule has 0 amide bonds. The molecule has 17 heavy (non-hydrogen) atoms. The highest BCUT2D eigenvalue weighted by molar-refractivity contribution is 7.80. The molecule has 8 heteroatoms. The summed E-state index contributed by atoms with van der Waals surface area (Å²) in [4.78, 5) is 0. The highest BCUT2D eigenvalue weighted by atomic mass is 32.3. The third-order valence-corrected chi connectivity index (χ3v) is 2.76. The summed E-state index contributed by atoms with van der Waals surface area (Å²) >= 11 is 0. The lowest BCUT2D eigenvalue weighted by Gasteiger charge is -2.26. The standard InChI is InChI=1S/C9H20O6S.H3N/c1-6(10)4-9(5-7(2)11)8(3)15-16(12,13)14;/h6-11H,4-5H2,1-3H3,(H,12,13,14);1H3. The van der Waals surface area contributed by atoms with Gasteiger partial charge in [0.05, 0.1) is 18.3 Å². The van der Waals surface area contributed by atoms with Crippen molar-refractivity contribution >= 4 is 10.4 Å². The minimum absolute atomic E-state index is 0. The van der Waals surface area contributed by atoms with Gasteiger partial charge < -0.3 is 20.9 Å². The molecule has 7 nitrogen and oxygen atoms in total. The van der Waals surface area contributed by atoms with E-state index in [4.69, 9.17) is 0 Å². The molecule has 6 N–H and O–H groups in total. The van der Waals surface area contributed by atoms with E-state index in [1.807, 2.05) is 0 Å². The molecule has 0 aromatic rings. The van der Waals surface area contributed by atoms with Crippen LogP contribution in [0.15, 0.2) is 0 Å². The Balaban J connectivity index is 0. The van der Waals surface area contributed by atoms with Gasteiger partial charge in [0.15, 0.2) is 0 Å². The molecular weight excluding hydrogens is 250 g/mol. The molecule has 0 rings (SSSR count). The summed E-state index contributed by atoms with van der Waals surface area (Å²) in [5, 5.41) is 18.4. The van der Waals surface area contributed by atoms with E-state index in [9.17, 15) is 23.2 Å². The molecule has 0 radical (unpaired) electrons. The van der Waals surface area contributed by atoms with Crippen LogP contribution >= 0.6 is 0 Å². The van der Waals surface area contributed by atoms with Crippen LogP contribution in [0.2, 0.25) is 0 Å². The molecule has 0 aliphatic rings. The van der Waals surface area contributed by atoms with E-state index in [0.717, 1.165) is 0 Å². The third kappa shape index (κ3) is 10.6. The van der Waals surface area contributed by atoms with E-state index < -0.39 is 28.7 Å². The lowest BCUT2D eigenvalue weighted by Crippen LogP contribution is -2.29. The minimum atomic E-state index is -4.75. The number of hydrogen-bond donors (Lipinski definition) is 3. The van der Waals surface area contributed by atoms with Gasteiger partial charge in [0.2, 0.25) is 10.4 Å². The Bertz CT molecular complexity index is 280. The number of quaternary nitrogens is 1. The van der Waals surface area contributed by atoms with Crippen molar-refractivity contribution in [1.82, 2.24) is 6.15 Å². The van der Waals surface area contributed by atoms with E-state index in [1.54, 1.807) is 13.8 Å². The smallest absolute Gasteiger partial charge is 0.217 e. The molecule has 0 spiro atoms. The van der Waals surface area contributed by atoms with Gasteiger partial charge in [-0.3, -0.25) is 4.18 Å². The van der Waals surface area contributed by atoms with Gasteiger partial charge in [0.1, 0.15) is 0 Å². The normalized spacial score (nSPS) is 18.9. The molecule has 0 heterocycles. The Morgan fingerprint density at radius 3 is 1.71 bits per heavy atom. The van der Waals surface area contributed by atoms with Crippen molar-refractivity contribution in [3.8, 4) is 0 Å². The first-order valence-electron chi connectivity index (χ1n) is 5.12. The number of aliphatic hydroxyl groups is 2. The molecule has 106 valence electrons. The van der Waals surface area contributed by atoms with Crippen LogP contribution < -0.4 is 6.15 Å². The van der Waals surface area contributed by atoms with E-state index in [0.29, 0.717) is 0 Å². The summed E-state index contributed by atoms with van der Waals surface area (Å²) in [6, 6.07) is 0. The molecule has 0 fully saturated rings. The van der Waals surface area contributed by atoms with Gasteiger partial charge in [0, 0.05) is 0 Å². The van der Waals surface area contributed by atoms with Crippen LogP contribution in [0, 0.1) is 5.92 Å². The SMILES string of the molecule is CC(O)CC(CC(C)O)C(C)OS(=O)(=O)[O-].[NH4+]. The van der Waals surface area contributed by atoms with Gasteiger partial charge >= 0.3 is 0 Å². The maximum Gasteiger partial charge on any atom is 0.217 e. The maximum absolute atomic E-state index is 10.4. The van der Waals surface area contributed by atoms with Crippen LogP contribution in [0.25, 0.3) is 0 Å². The van der Waals surface area contributed by atoms with Gasteiger partial charge in [-0.25, -0.2) is 8.42 Å². The van der Waals surface area contributed by atoms with E-state index >= 15 is 0 Å². The van der Waals surface area contributed by atoms with Crippen LogP contribution in [0.3, 0.4) is 0 Å². The van der Waals surface area contributed by atoms with Crippen molar-refractivity contribution in [1.29, 1.82) is 0 Å². The Morgan fingerprint density at radius 1 is 1.12 bits per heavy atom. The van der Waals surface area contributed by atoms with Crippen molar-refractivity contribution in [3.63, 3.8) is 0 Å². The Morgan fingerprint density at radius 2 is 1.47 bits per heavy atom. The second-order valence-corrected chi connectivity index (χ2v) is 5.15. The zero-order valence-corrected chi connectivity index (χ0v) is 11.5. The van der Waals surface area contributed by atoms with Crippen molar-refractivity contribution in [2.45, 2.75) is 51.9 Å². The number of hydrogen-bond acceptors (Lipinski definition) is 6. The largest absolute Gasteiger partial charge is 0.726 e. The highest BCUT2D eigenvalue weighted by Crippen LogP contribution is 2.21. The van der Waals surface area contributed by atoms with Gasteiger partial charge in [-0.15, -0.1) is 0 Å². The number of rotatable bonds is 7. The second-order valence-electron chi connectivity index (χ2n) is 4.14. The first-order chi connectivity index (χ1) is 7.11. The highest BCUT2D eigenvalue weighted by Gasteiger charge is 2.23. The van der Waals surface area contributed by atoms with Crippen molar-refractivity contribution in [2.24, 2.45) is 5.92 Å². The maximum atomic E-state index is 10.4. The van der Waals surface area contributed by atoms with Crippen molar-refractivity contribution in [3.05, 3.63) is 0 Å². The zero-order chi connectivity index (χ0) is 12.9. The number of aliphatic hydroxyl groups excluding tert-OH is 2. The second kappa shape index (κ2) is 7.96. The summed E-state index contributed by atoms with van der Waals surface area (Å²) in [6.45, 7) is 4.53. The molecule has 3 atom stereocenters. The summed E-state index contributed by atoms with van der Waals surface area (Å²) in [7, 11) is -4.75. The summed E-state index contributed by atoms with van der Waals surface area (Å²) in [6.07, 6.45) is -1.62. The molecular formula is C9H23NO6S. The lowest BCUT2D eigenvalue weighted by atomic mass is 9.91. The molecule has 0 bridgehead atoms. The van der Waals surface area contributed by atoms with Gasteiger partial charge in [0.25, 0.3) is 0 Å². The Kier molecular flexibility index (Phi) is 8.94. The topological polar surface area (TPSA) is 143 Å². The average Bonchev–Trinajstić information content (AvgIpc) is 1.97. The Hall–Kier alpha value is -0.250. The van der Waals surface area contributed by atoms with E-state index in [2.05, 4.69) is 4.18 Å². The summed E-state index contributed by atoms with van der Waals surface area (Å²) < 4.78 is 35.5. The van der Waals surface area contributed by atoms with Crippen LogP contribution in [0.4, 0.5) is 0 Å². The van der Waals surface area contributed by atoms with Gasteiger partial charge in [-0.1, -0.05) is 0 Å². The predicted molar refractivity (Wildman–Crippen MR) is 62.3 cm³/mol. The fraction of sp³-hybridized carbons (Fsp3) is 1.00. The fourth-order valence-corrected chi connectivity index (χ4v) is 2.15. The van der Waals surface area contributed by atoms with E-state index in [1.165, 1.54) is 6.92 Å². The third-order valence-electron chi connectivity index (χ3n) is 2.22. The molecule has 3 unspecified atom stereocenters. The van der Waals surface area contributed by atoms with Crippen LogP contribution in [-0.4, -0.2) is 41.5 Å². The Labute approximate surface area is 102 Å². The molecule has 0 saturated carbocycles. The molecule has 0 aliphatic heterocycles. The van der Waals surface area contributed by atoms with Gasteiger partial charge in [-0.05, 0) is 39.5 Å². The fourth-order valence-electron chi connectivity index (χ4n) is 1.62. The quantitative estimate of drug-likeness (QED) is 0.452. The molecule has 0 aliphatic carbocycles. The van der Waals surface area contributed by atoms with Gasteiger partial charge in [-0.2, -0.15) is 0 Å². The van der Waals surface area contributed by atoms with Crippen LogP contribution in [0.1, 0.15) is 33.6 Å². The minimum Gasteiger partial charge on any atom is -0.726 e. The van der Waals surface area contributed by atoms with Crippen LogP contribution in [-0.2, 0) is 14.6 Å². The molecule has 0 aromatic carbocycles. The van der Waals surface area contributed by atoms with E-state index in [-0.39, 0.29) is 24.9 Å². The average molecular weight is 273 g/mol. The van der Waals surface area contributed by atoms with Crippen molar-refractivity contribution in [2.75, 3.05) is 0 Å².